The zero-order chi connectivity index (χ0) is 14.2. The van der Waals surface area contributed by atoms with Gasteiger partial charge in [-0.15, -0.1) is 0 Å². The Labute approximate surface area is 127 Å². The van der Waals surface area contributed by atoms with Gasteiger partial charge in [-0.3, -0.25) is 0 Å². The third-order valence-corrected chi connectivity index (χ3v) is 5.20. The van der Waals surface area contributed by atoms with Crippen molar-refractivity contribution in [3.63, 3.8) is 0 Å². The topological polar surface area (TPSA) is 9.23 Å². The maximum absolute atomic E-state index is 6.00. The van der Waals surface area contributed by atoms with E-state index >= 15 is 0 Å². The smallest absolute Gasteiger partial charge is 0.119 e. The molecule has 108 valence electrons. The summed E-state index contributed by atoms with van der Waals surface area (Å²) in [5.74, 6) is 3.55. The Morgan fingerprint density at radius 3 is 2.90 bits per heavy atom. The van der Waals surface area contributed by atoms with Crippen LogP contribution in [0.1, 0.15) is 30.4 Å². The van der Waals surface area contributed by atoms with Gasteiger partial charge in [-0.1, -0.05) is 42.5 Å². The average Bonchev–Trinajstić information content (AvgIpc) is 3.09. The highest BCUT2D eigenvalue weighted by atomic mass is 16.5. The molecule has 3 aliphatic carbocycles. The fraction of sp³-hybridized carbons (Fsp3) is 0.400. The molecule has 0 saturated heterocycles. The Morgan fingerprint density at radius 1 is 1.14 bits per heavy atom. The van der Waals surface area contributed by atoms with Crippen LogP contribution in [0.5, 0.6) is 5.75 Å². The normalized spacial score (nSPS) is 29.0. The lowest BCUT2D eigenvalue weighted by molar-refractivity contribution is 0.263. The van der Waals surface area contributed by atoms with Crippen LogP contribution in [0.3, 0.4) is 0 Å². The Balaban J connectivity index is 1.35. The Hall–Kier alpha value is -1.76. The quantitative estimate of drug-likeness (QED) is 0.719. The van der Waals surface area contributed by atoms with Gasteiger partial charge in [0.15, 0.2) is 0 Å². The molecular formula is C20H22O. The van der Waals surface area contributed by atoms with E-state index in [2.05, 4.69) is 49.1 Å². The van der Waals surface area contributed by atoms with Crippen LogP contribution < -0.4 is 4.74 Å². The number of allylic oxidation sites excluding steroid dienone is 4. The molecule has 1 aromatic rings. The second-order valence-electron chi connectivity index (χ2n) is 6.71. The van der Waals surface area contributed by atoms with Gasteiger partial charge in [0.25, 0.3) is 0 Å². The van der Waals surface area contributed by atoms with Gasteiger partial charge in [-0.25, -0.2) is 0 Å². The summed E-state index contributed by atoms with van der Waals surface area (Å²) >= 11 is 0. The first-order chi connectivity index (χ1) is 10.3. The standard InChI is InChI=1S/C20H22O/c1-14-2-4-16-6-7-20(13-19(16)10-14)21-9-8-18-12-15-3-5-17(18)11-15/h2-7,13,15,17-18H,1,8-12H2. The van der Waals surface area contributed by atoms with Gasteiger partial charge in [-0.2, -0.15) is 0 Å². The van der Waals surface area contributed by atoms with E-state index in [0.717, 1.165) is 36.5 Å². The van der Waals surface area contributed by atoms with E-state index in [9.17, 15) is 0 Å². The molecule has 4 rings (SSSR count). The average molecular weight is 278 g/mol. The number of benzene rings is 1. The maximum Gasteiger partial charge on any atom is 0.119 e. The number of fused-ring (bicyclic) bond motifs is 3. The Bertz CT molecular complexity index is 623. The number of hydrogen-bond acceptors (Lipinski definition) is 1. The molecule has 0 aromatic heterocycles. The highest BCUT2D eigenvalue weighted by Gasteiger charge is 2.35. The van der Waals surface area contributed by atoms with E-state index in [-0.39, 0.29) is 0 Å². The molecule has 0 N–H and O–H groups in total. The fourth-order valence-corrected chi connectivity index (χ4v) is 4.05. The van der Waals surface area contributed by atoms with Gasteiger partial charge in [0, 0.05) is 0 Å². The van der Waals surface area contributed by atoms with Gasteiger partial charge in [0.1, 0.15) is 5.75 Å². The minimum absolute atomic E-state index is 0.829. The van der Waals surface area contributed by atoms with Crippen molar-refractivity contribution in [1.29, 1.82) is 0 Å². The van der Waals surface area contributed by atoms with Crippen molar-refractivity contribution in [1.82, 2.24) is 0 Å². The van der Waals surface area contributed by atoms with Crippen molar-refractivity contribution >= 4 is 6.08 Å². The maximum atomic E-state index is 6.00. The first-order valence-electron chi connectivity index (χ1n) is 8.08. The fourth-order valence-electron chi connectivity index (χ4n) is 4.05. The molecule has 0 spiro atoms. The largest absolute Gasteiger partial charge is 0.494 e. The monoisotopic (exact) mass is 278 g/mol. The zero-order valence-corrected chi connectivity index (χ0v) is 12.4. The molecule has 0 heterocycles. The second kappa shape index (κ2) is 5.22. The van der Waals surface area contributed by atoms with Gasteiger partial charge >= 0.3 is 0 Å². The molecule has 0 amide bonds. The van der Waals surface area contributed by atoms with Gasteiger partial charge in [-0.05, 0) is 66.7 Å². The molecule has 3 aliphatic rings. The molecule has 0 radical (unpaired) electrons. The number of hydrogen-bond donors (Lipinski definition) is 0. The summed E-state index contributed by atoms with van der Waals surface area (Å²) in [6, 6.07) is 6.44. The molecule has 1 heteroatoms. The van der Waals surface area contributed by atoms with Crippen LogP contribution in [-0.4, -0.2) is 6.61 Å². The predicted octanol–water partition coefficient (Wildman–Crippen LogP) is 4.79. The van der Waals surface area contributed by atoms with Crippen molar-refractivity contribution < 1.29 is 4.74 Å². The van der Waals surface area contributed by atoms with E-state index < -0.39 is 0 Å². The van der Waals surface area contributed by atoms with Crippen LogP contribution in [0.25, 0.3) is 6.08 Å². The van der Waals surface area contributed by atoms with Crippen LogP contribution in [0.15, 0.2) is 48.6 Å². The number of rotatable bonds is 4. The van der Waals surface area contributed by atoms with Crippen molar-refractivity contribution in [2.24, 2.45) is 17.8 Å². The number of ether oxygens (including phenoxy) is 1. The SMILES string of the molecule is C=C1C=Cc2ccc(OCCC3CC4C=CC3C4)cc2C1. The molecule has 1 aromatic carbocycles. The summed E-state index contributed by atoms with van der Waals surface area (Å²) < 4.78 is 6.00. The molecular weight excluding hydrogens is 256 g/mol. The third-order valence-electron chi connectivity index (χ3n) is 5.20. The molecule has 1 saturated carbocycles. The van der Waals surface area contributed by atoms with Crippen LogP contribution in [0.4, 0.5) is 0 Å². The Morgan fingerprint density at radius 2 is 2.10 bits per heavy atom. The van der Waals surface area contributed by atoms with E-state index in [1.54, 1.807) is 0 Å². The Kier molecular flexibility index (Phi) is 3.21. The highest BCUT2D eigenvalue weighted by molar-refractivity contribution is 5.62. The van der Waals surface area contributed by atoms with Crippen LogP contribution in [-0.2, 0) is 6.42 Å². The third kappa shape index (κ3) is 2.57. The van der Waals surface area contributed by atoms with Crippen LogP contribution >= 0.6 is 0 Å². The van der Waals surface area contributed by atoms with Crippen LogP contribution in [0, 0.1) is 17.8 Å². The van der Waals surface area contributed by atoms with Crippen molar-refractivity contribution in [3.05, 3.63) is 59.7 Å². The predicted molar refractivity (Wildman–Crippen MR) is 87.3 cm³/mol. The second-order valence-corrected chi connectivity index (χ2v) is 6.71. The van der Waals surface area contributed by atoms with E-state index in [0.29, 0.717) is 0 Å². The molecule has 21 heavy (non-hydrogen) atoms. The summed E-state index contributed by atoms with van der Waals surface area (Å²) in [5.41, 5.74) is 3.81. The van der Waals surface area contributed by atoms with Gasteiger partial charge < -0.3 is 4.74 Å². The molecule has 1 fully saturated rings. The summed E-state index contributed by atoms with van der Waals surface area (Å²) in [7, 11) is 0. The molecule has 3 unspecified atom stereocenters. The first-order valence-corrected chi connectivity index (χ1v) is 8.08. The van der Waals surface area contributed by atoms with Crippen molar-refractivity contribution in [2.45, 2.75) is 25.7 Å². The lowest BCUT2D eigenvalue weighted by Crippen LogP contribution is -2.11. The summed E-state index contributed by atoms with van der Waals surface area (Å²) in [5, 5.41) is 0. The summed E-state index contributed by atoms with van der Waals surface area (Å²) in [6.07, 6.45) is 14.0. The minimum Gasteiger partial charge on any atom is -0.494 e. The van der Waals surface area contributed by atoms with Gasteiger partial charge in [0.05, 0.1) is 6.61 Å². The van der Waals surface area contributed by atoms with E-state index in [1.165, 1.54) is 36.0 Å². The lowest BCUT2D eigenvalue weighted by atomic mass is 9.91. The van der Waals surface area contributed by atoms with E-state index in [1.807, 2.05) is 0 Å². The molecule has 3 atom stereocenters. The van der Waals surface area contributed by atoms with Crippen molar-refractivity contribution in [3.8, 4) is 5.75 Å². The van der Waals surface area contributed by atoms with E-state index in [4.69, 9.17) is 4.74 Å². The highest BCUT2D eigenvalue weighted by Crippen LogP contribution is 2.44. The zero-order valence-electron chi connectivity index (χ0n) is 12.4. The van der Waals surface area contributed by atoms with Crippen LogP contribution in [0.2, 0.25) is 0 Å². The molecule has 1 nitrogen and oxygen atoms in total. The lowest BCUT2D eigenvalue weighted by Gasteiger charge is -2.19. The first kappa shape index (κ1) is 12.9. The molecule has 0 aliphatic heterocycles. The summed E-state index contributed by atoms with van der Waals surface area (Å²) in [4.78, 5) is 0. The minimum atomic E-state index is 0.829. The molecule has 2 bridgehead atoms. The van der Waals surface area contributed by atoms with Crippen molar-refractivity contribution in [2.75, 3.05) is 6.61 Å². The summed E-state index contributed by atoms with van der Waals surface area (Å²) in [6.45, 7) is 4.89. The van der Waals surface area contributed by atoms with Gasteiger partial charge in [0.2, 0.25) is 0 Å².